The van der Waals surface area contributed by atoms with Gasteiger partial charge in [0.2, 0.25) is 0 Å². The van der Waals surface area contributed by atoms with E-state index in [4.69, 9.17) is 5.11 Å². The fourth-order valence-corrected chi connectivity index (χ4v) is 3.09. The molecule has 1 atom stereocenters. The Kier molecular flexibility index (Phi) is 6.44. The van der Waals surface area contributed by atoms with Gasteiger partial charge in [0, 0.05) is 12.1 Å². The highest BCUT2D eigenvalue weighted by Crippen LogP contribution is 2.24. The number of hydrogen-bond donors (Lipinski definition) is 3. The lowest BCUT2D eigenvalue weighted by atomic mass is 9.86. The summed E-state index contributed by atoms with van der Waals surface area (Å²) in [5.41, 5.74) is 1.21. The third kappa shape index (κ3) is 5.58. The Balaban J connectivity index is 1.76. The SMILES string of the molecule is CCC(Cc1ccccc1)NC(=O)NC1CCC(C(=O)O)CC1. The van der Waals surface area contributed by atoms with Crippen LogP contribution < -0.4 is 10.6 Å². The van der Waals surface area contributed by atoms with Gasteiger partial charge in [-0.2, -0.15) is 0 Å². The number of benzene rings is 1. The normalized spacial score (nSPS) is 22.1. The largest absolute Gasteiger partial charge is 0.481 e. The van der Waals surface area contributed by atoms with Crippen LogP contribution in [0.15, 0.2) is 30.3 Å². The van der Waals surface area contributed by atoms with Gasteiger partial charge < -0.3 is 15.7 Å². The van der Waals surface area contributed by atoms with Crippen molar-refractivity contribution in [3.8, 4) is 0 Å². The van der Waals surface area contributed by atoms with Crippen molar-refractivity contribution in [1.29, 1.82) is 0 Å². The minimum atomic E-state index is -0.721. The lowest BCUT2D eigenvalue weighted by molar-refractivity contribution is -0.142. The fourth-order valence-electron chi connectivity index (χ4n) is 3.09. The first-order valence-electron chi connectivity index (χ1n) is 8.42. The van der Waals surface area contributed by atoms with Crippen LogP contribution in [0.4, 0.5) is 4.79 Å². The first-order valence-corrected chi connectivity index (χ1v) is 8.42. The fraction of sp³-hybridized carbons (Fsp3) is 0.556. The van der Waals surface area contributed by atoms with Crippen molar-refractivity contribution in [2.24, 2.45) is 5.92 Å². The zero-order valence-corrected chi connectivity index (χ0v) is 13.6. The number of carboxylic acids is 1. The lowest BCUT2D eigenvalue weighted by Crippen LogP contribution is -2.48. The van der Waals surface area contributed by atoms with E-state index in [0.717, 1.165) is 25.7 Å². The van der Waals surface area contributed by atoms with Gasteiger partial charge in [-0.15, -0.1) is 0 Å². The second-order valence-electron chi connectivity index (χ2n) is 6.30. The van der Waals surface area contributed by atoms with Crippen molar-refractivity contribution < 1.29 is 14.7 Å². The Labute approximate surface area is 137 Å². The van der Waals surface area contributed by atoms with Crippen LogP contribution >= 0.6 is 0 Å². The molecule has 1 fully saturated rings. The van der Waals surface area contributed by atoms with Gasteiger partial charge in [-0.25, -0.2) is 4.79 Å². The highest BCUT2D eigenvalue weighted by molar-refractivity contribution is 5.74. The minimum absolute atomic E-state index is 0.0832. The van der Waals surface area contributed by atoms with Gasteiger partial charge in [0.1, 0.15) is 0 Å². The highest BCUT2D eigenvalue weighted by Gasteiger charge is 2.26. The maximum Gasteiger partial charge on any atom is 0.315 e. The molecule has 1 aliphatic rings. The van der Waals surface area contributed by atoms with E-state index in [1.54, 1.807) is 0 Å². The van der Waals surface area contributed by atoms with Crippen LogP contribution in [0.2, 0.25) is 0 Å². The van der Waals surface area contributed by atoms with Crippen molar-refractivity contribution in [2.75, 3.05) is 0 Å². The maximum atomic E-state index is 12.1. The summed E-state index contributed by atoms with van der Waals surface area (Å²) in [6.07, 6.45) is 4.44. The highest BCUT2D eigenvalue weighted by atomic mass is 16.4. The van der Waals surface area contributed by atoms with Crippen molar-refractivity contribution in [1.82, 2.24) is 10.6 Å². The van der Waals surface area contributed by atoms with Gasteiger partial charge in [-0.3, -0.25) is 4.79 Å². The molecule has 23 heavy (non-hydrogen) atoms. The minimum Gasteiger partial charge on any atom is -0.481 e. The van der Waals surface area contributed by atoms with Gasteiger partial charge in [-0.1, -0.05) is 37.3 Å². The number of carbonyl (C=O) groups excluding carboxylic acids is 1. The van der Waals surface area contributed by atoms with Crippen LogP contribution in [0.5, 0.6) is 0 Å². The van der Waals surface area contributed by atoms with Crippen molar-refractivity contribution in [2.45, 2.75) is 57.5 Å². The first kappa shape index (κ1) is 17.3. The van der Waals surface area contributed by atoms with Gasteiger partial charge in [0.25, 0.3) is 0 Å². The average molecular weight is 318 g/mol. The van der Waals surface area contributed by atoms with E-state index >= 15 is 0 Å². The molecule has 1 aromatic carbocycles. The molecular weight excluding hydrogens is 292 g/mol. The number of rotatable bonds is 6. The van der Waals surface area contributed by atoms with Crippen molar-refractivity contribution in [3.63, 3.8) is 0 Å². The average Bonchev–Trinajstić information content (AvgIpc) is 2.55. The molecule has 0 saturated heterocycles. The zero-order valence-electron chi connectivity index (χ0n) is 13.6. The quantitative estimate of drug-likeness (QED) is 0.754. The van der Waals surface area contributed by atoms with E-state index in [-0.39, 0.29) is 24.0 Å². The predicted octanol–water partition coefficient (Wildman–Crippen LogP) is 2.95. The number of amides is 2. The second kappa shape index (κ2) is 8.56. The molecule has 126 valence electrons. The summed E-state index contributed by atoms with van der Waals surface area (Å²) in [7, 11) is 0. The van der Waals surface area contributed by atoms with Gasteiger partial charge >= 0.3 is 12.0 Å². The van der Waals surface area contributed by atoms with E-state index < -0.39 is 5.97 Å². The smallest absolute Gasteiger partial charge is 0.315 e. The standard InChI is InChI=1S/C18H26N2O3/c1-2-15(12-13-6-4-3-5-7-13)19-18(23)20-16-10-8-14(9-11-16)17(21)22/h3-7,14-16H,2,8-12H2,1H3,(H,21,22)(H2,19,20,23). The molecule has 5 heteroatoms. The van der Waals surface area contributed by atoms with E-state index in [1.165, 1.54) is 5.56 Å². The van der Waals surface area contributed by atoms with E-state index in [0.29, 0.717) is 12.8 Å². The number of urea groups is 1. The molecular formula is C18H26N2O3. The summed E-state index contributed by atoms with van der Waals surface area (Å²) >= 11 is 0. The molecule has 3 N–H and O–H groups in total. The second-order valence-corrected chi connectivity index (χ2v) is 6.30. The van der Waals surface area contributed by atoms with E-state index in [9.17, 15) is 9.59 Å². The van der Waals surface area contributed by atoms with Crippen LogP contribution in [0, 0.1) is 5.92 Å². The monoisotopic (exact) mass is 318 g/mol. The topological polar surface area (TPSA) is 78.4 Å². The Morgan fingerprint density at radius 3 is 2.39 bits per heavy atom. The summed E-state index contributed by atoms with van der Waals surface area (Å²) in [5.74, 6) is -0.973. The van der Waals surface area contributed by atoms with Crippen LogP contribution in [-0.4, -0.2) is 29.2 Å². The Morgan fingerprint density at radius 1 is 1.17 bits per heavy atom. The molecule has 2 amide bonds. The molecule has 0 aromatic heterocycles. The number of carbonyl (C=O) groups is 2. The summed E-state index contributed by atoms with van der Waals surface area (Å²) in [6.45, 7) is 2.06. The summed E-state index contributed by atoms with van der Waals surface area (Å²) < 4.78 is 0. The number of nitrogens with one attached hydrogen (secondary N) is 2. The molecule has 0 bridgehead atoms. The summed E-state index contributed by atoms with van der Waals surface area (Å²) in [4.78, 5) is 23.1. The molecule has 1 unspecified atom stereocenters. The summed E-state index contributed by atoms with van der Waals surface area (Å²) in [5, 5.41) is 15.0. The molecule has 0 spiro atoms. The Hall–Kier alpha value is -2.04. The Morgan fingerprint density at radius 2 is 1.83 bits per heavy atom. The molecule has 5 nitrogen and oxygen atoms in total. The molecule has 2 rings (SSSR count). The molecule has 0 radical (unpaired) electrons. The lowest BCUT2D eigenvalue weighted by Gasteiger charge is -2.27. The predicted molar refractivity (Wildman–Crippen MR) is 89.3 cm³/mol. The van der Waals surface area contributed by atoms with Crippen molar-refractivity contribution >= 4 is 12.0 Å². The maximum absolute atomic E-state index is 12.1. The van der Waals surface area contributed by atoms with Gasteiger partial charge in [0.05, 0.1) is 5.92 Å². The third-order valence-corrected chi connectivity index (χ3v) is 4.56. The summed E-state index contributed by atoms with van der Waals surface area (Å²) in [6, 6.07) is 10.2. The van der Waals surface area contributed by atoms with Crippen LogP contribution in [0.1, 0.15) is 44.6 Å². The Bertz CT molecular complexity index is 510. The molecule has 1 aromatic rings. The molecule has 1 aliphatic carbocycles. The van der Waals surface area contributed by atoms with Crippen LogP contribution in [-0.2, 0) is 11.2 Å². The van der Waals surface area contributed by atoms with Crippen LogP contribution in [0.3, 0.4) is 0 Å². The van der Waals surface area contributed by atoms with E-state index in [2.05, 4.69) is 29.7 Å². The zero-order chi connectivity index (χ0) is 16.7. The third-order valence-electron chi connectivity index (χ3n) is 4.56. The number of aliphatic carboxylic acids is 1. The van der Waals surface area contributed by atoms with Crippen LogP contribution in [0.25, 0.3) is 0 Å². The number of hydrogen-bond acceptors (Lipinski definition) is 2. The van der Waals surface area contributed by atoms with Crippen molar-refractivity contribution in [3.05, 3.63) is 35.9 Å². The molecule has 0 aliphatic heterocycles. The molecule has 1 saturated carbocycles. The number of carboxylic acid groups (broad SMARTS) is 1. The van der Waals surface area contributed by atoms with Gasteiger partial charge in [-0.05, 0) is 44.1 Å². The molecule has 0 heterocycles. The first-order chi connectivity index (χ1) is 11.1. The van der Waals surface area contributed by atoms with Gasteiger partial charge in [0.15, 0.2) is 0 Å². The van der Waals surface area contributed by atoms with E-state index in [1.807, 2.05) is 18.2 Å².